The van der Waals surface area contributed by atoms with Gasteiger partial charge in [0, 0.05) is 26.6 Å². The molecule has 0 aliphatic rings. The molecule has 1 unspecified atom stereocenters. The Hall–Kier alpha value is -1.35. The Labute approximate surface area is 97.2 Å². The number of aryl methyl sites for hydroxylation is 1. The van der Waals surface area contributed by atoms with E-state index in [1.165, 1.54) is 5.56 Å². The Morgan fingerprint density at radius 1 is 1.44 bits per heavy atom. The summed E-state index contributed by atoms with van der Waals surface area (Å²) in [6.45, 7) is 2.04. The van der Waals surface area contributed by atoms with Crippen molar-refractivity contribution in [1.29, 1.82) is 0 Å². The second-order valence-electron chi connectivity index (χ2n) is 4.35. The van der Waals surface area contributed by atoms with Crippen LogP contribution in [-0.4, -0.2) is 24.9 Å². The number of carbonyl (C=O) groups excluding carboxylic acids is 1. The summed E-state index contributed by atoms with van der Waals surface area (Å²) in [6.07, 6.45) is 1.20. The number of hydrogen-bond acceptors (Lipinski definition) is 2. The molecule has 0 saturated carbocycles. The minimum Gasteiger partial charge on any atom is -0.349 e. The minimum atomic E-state index is -0.0520. The molecule has 88 valence electrons. The summed E-state index contributed by atoms with van der Waals surface area (Å²) in [6, 6.07) is 8.08. The molecule has 0 aliphatic heterocycles. The van der Waals surface area contributed by atoms with E-state index in [-0.39, 0.29) is 11.9 Å². The Morgan fingerprint density at radius 3 is 2.69 bits per heavy atom. The van der Waals surface area contributed by atoms with Gasteiger partial charge >= 0.3 is 0 Å². The summed E-state index contributed by atoms with van der Waals surface area (Å²) in [5, 5.41) is 0. The maximum atomic E-state index is 11.4. The van der Waals surface area contributed by atoms with Gasteiger partial charge in [-0.05, 0) is 18.9 Å². The van der Waals surface area contributed by atoms with Crippen molar-refractivity contribution < 1.29 is 4.79 Å². The molecule has 16 heavy (non-hydrogen) atoms. The molecule has 0 spiro atoms. The Balaban J connectivity index is 2.53. The second kappa shape index (κ2) is 5.66. The number of benzene rings is 1. The largest absolute Gasteiger partial charge is 0.349 e. The quantitative estimate of drug-likeness (QED) is 0.842. The van der Waals surface area contributed by atoms with Gasteiger partial charge in [0.05, 0.1) is 0 Å². The Bertz CT molecular complexity index is 361. The van der Waals surface area contributed by atoms with E-state index in [2.05, 4.69) is 6.07 Å². The van der Waals surface area contributed by atoms with Crippen LogP contribution in [0.1, 0.15) is 30.0 Å². The molecule has 0 saturated heterocycles. The van der Waals surface area contributed by atoms with Crippen LogP contribution < -0.4 is 5.73 Å². The van der Waals surface area contributed by atoms with Crippen LogP contribution in [-0.2, 0) is 4.79 Å². The molecule has 0 fully saturated rings. The van der Waals surface area contributed by atoms with Gasteiger partial charge in [-0.25, -0.2) is 0 Å². The molecular weight excluding hydrogens is 200 g/mol. The average molecular weight is 220 g/mol. The number of hydrogen-bond donors (Lipinski definition) is 1. The fourth-order valence-electron chi connectivity index (χ4n) is 1.57. The molecule has 1 rings (SSSR count). The van der Waals surface area contributed by atoms with Crippen LogP contribution in [0, 0.1) is 6.92 Å². The normalized spacial score (nSPS) is 12.2. The van der Waals surface area contributed by atoms with Gasteiger partial charge in [0.25, 0.3) is 0 Å². The molecule has 1 aromatic rings. The molecule has 1 amide bonds. The van der Waals surface area contributed by atoms with Crippen molar-refractivity contribution in [3.8, 4) is 0 Å². The monoisotopic (exact) mass is 220 g/mol. The lowest BCUT2D eigenvalue weighted by Crippen LogP contribution is -2.23. The Morgan fingerprint density at radius 2 is 2.12 bits per heavy atom. The predicted octanol–water partition coefficient (Wildman–Crippen LogP) is 1.86. The molecule has 0 radical (unpaired) electrons. The van der Waals surface area contributed by atoms with Crippen LogP contribution in [0.3, 0.4) is 0 Å². The third-order valence-corrected chi connectivity index (χ3v) is 2.64. The van der Waals surface area contributed by atoms with Crippen molar-refractivity contribution in [1.82, 2.24) is 4.90 Å². The van der Waals surface area contributed by atoms with Crippen molar-refractivity contribution in [3.05, 3.63) is 35.4 Å². The number of carbonyl (C=O) groups is 1. The molecule has 0 bridgehead atoms. The van der Waals surface area contributed by atoms with Crippen LogP contribution in [0.2, 0.25) is 0 Å². The highest BCUT2D eigenvalue weighted by Crippen LogP contribution is 2.17. The highest BCUT2D eigenvalue weighted by Gasteiger charge is 2.10. The third kappa shape index (κ3) is 3.66. The fourth-order valence-corrected chi connectivity index (χ4v) is 1.57. The van der Waals surface area contributed by atoms with E-state index in [1.807, 2.05) is 25.1 Å². The highest BCUT2D eigenvalue weighted by atomic mass is 16.2. The average Bonchev–Trinajstić information content (AvgIpc) is 2.25. The zero-order valence-corrected chi connectivity index (χ0v) is 10.2. The standard InChI is InChI=1S/C13H20N2O/c1-10-5-4-6-11(9-10)12(14)7-8-13(16)15(2)3/h4-6,9,12H,7-8,14H2,1-3H3. The molecule has 0 heterocycles. The molecule has 3 nitrogen and oxygen atoms in total. The van der Waals surface area contributed by atoms with Gasteiger partial charge in [-0.2, -0.15) is 0 Å². The first kappa shape index (κ1) is 12.7. The number of nitrogens with zero attached hydrogens (tertiary/aromatic N) is 1. The van der Waals surface area contributed by atoms with E-state index < -0.39 is 0 Å². The van der Waals surface area contributed by atoms with Crippen LogP contribution >= 0.6 is 0 Å². The Kier molecular flexibility index (Phi) is 4.50. The second-order valence-corrected chi connectivity index (χ2v) is 4.35. The van der Waals surface area contributed by atoms with E-state index in [1.54, 1.807) is 19.0 Å². The zero-order valence-electron chi connectivity index (χ0n) is 10.2. The van der Waals surface area contributed by atoms with Gasteiger partial charge in [0.15, 0.2) is 0 Å². The maximum Gasteiger partial charge on any atom is 0.222 e. The van der Waals surface area contributed by atoms with E-state index in [0.717, 1.165) is 5.56 Å². The van der Waals surface area contributed by atoms with Crippen LogP contribution in [0.25, 0.3) is 0 Å². The molecule has 1 atom stereocenters. The van der Waals surface area contributed by atoms with Crippen LogP contribution in [0.15, 0.2) is 24.3 Å². The molecule has 2 N–H and O–H groups in total. The summed E-state index contributed by atoms with van der Waals surface area (Å²) in [7, 11) is 3.53. The van der Waals surface area contributed by atoms with Crippen molar-refractivity contribution >= 4 is 5.91 Å². The smallest absolute Gasteiger partial charge is 0.222 e. The maximum absolute atomic E-state index is 11.4. The third-order valence-electron chi connectivity index (χ3n) is 2.64. The summed E-state index contributed by atoms with van der Waals surface area (Å²) < 4.78 is 0. The lowest BCUT2D eigenvalue weighted by atomic mass is 10.0. The lowest BCUT2D eigenvalue weighted by molar-refractivity contribution is -0.128. The van der Waals surface area contributed by atoms with Crippen molar-refractivity contribution in [2.24, 2.45) is 5.73 Å². The van der Waals surface area contributed by atoms with E-state index in [4.69, 9.17) is 5.73 Å². The van der Waals surface area contributed by atoms with Crippen molar-refractivity contribution in [2.75, 3.05) is 14.1 Å². The lowest BCUT2D eigenvalue weighted by Gasteiger charge is -2.14. The fraction of sp³-hybridized carbons (Fsp3) is 0.462. The van der Waals surface area contributed by atoms with Crippen molar-refractivity contribution in [2.45, 2.75) is 25.8 Å². The first-order valence-electron chi connectivity index (χ1n) is 5.53. The SMILES string of the molecule is Cc1cccc(C(N)CCC(=O)N(C)C)c1. The first-order chi connectivity index (χ1) is 7.50. The summed E-state index contributed by atoms with van der Waals surface area (Å²) in [5.74, 6) is 0.128. The number of amides is 1. The molecule has 1 aromatic carbocycles. The predicted molar refractivity (Wildman–Crippen MR) is 66.0 cm³/mol. The molecular formula is C13H20N2O. The van der Waals surface area contributed by atoms with Gasteiger partial charge in [-0.3, -0.25) is 4.79 Å². The highest BCUT2D eigenvalue weighted by molar-refractivity contribution is 5.75. The van der Waals surface area contributed by atoms with Gasteiger partial charge in [0.2, 0.25) is 5.91 Å². The van der Waals surface area contributed by atoms with Crippen molar-refractivity contribution in [3.63, 3.8) is 0 Å². The summed E-state index contributed by atoms with van der Waals surface area (Å²) in [5.41, 5.74) is 8.35. The van der Waals surface area contributed by atoms with Gasteiger partial charge in [-0.15, -0.1) is 0 Å². The van der Waals surface area contributed by atoms with Gasteiger partial charge in [0.1, 0.15) is 0 Å². The molecule has 0 aromatic heterocycles. The van der Waals surface area contributed by atoms with Gasteiger partial charge < -0.3 is 10.6 Å². The first-order valence-corrected chi connectivity index (χ1v) is 5.53. The van der Waals surface area contributed by atoms with E-state index >= 15 is 0 Å². The summed E-state index contributed by atoms with van der Waals surface area (Å²) in [4.78, 5) is 13.0. The van der Waals surface area contributed by atoms with Crippen LogP contribution in [0.5, 0.6) is 0 Å². The molecule has 0 aliphatic carbocycles. The number of nitrogens with two attached hydrogens (primary N) is 1. The van der Waals surface area contributed by atoms with Gasteiger partial charge in [-0.1, -0.05) is 29.8 Å². The summed E-state index contributed by atoms with van der Waals surface area (Å²) >= 11 is 0. The number of rotatable bonds is 4. The van der Waals surface area contributed by atoms with E-state index in [9.17, 15) is 4.79 Å². The minimum absolute atomic E-state index is 0.0520. The zero-order chi connectivity index (χ0) is 12.1. The molecule has 3 heteroatoms. The van der Waals surface area contributed by atoms with Crippen LogP contribution in [0.4, 0.5) is 0 Å². The topological polar surface area (TPSA) is 46.3 Å². The van der Waals surface area contributed by atoms with E-state index in [0.29, 0.717) is 12.8 Å².